The normalized spacial score (nSPS) is 41.3. The van der Waals surface area contributed by atoms with Gasteiger partial charge in [0.15, 0.2) is 5.78 Å². The van der Waals surface area contributed by atoms with Gasteiger partial charge >= 0.3 is 0 Å². The molecule has 0 bridgehead atoms. The van der Waals surface area contributed by atoms with E-state index in [1.807, 2.05) is 6.92 Å². The molecule has 0 saturated carbocycles. The van der Waals surface area contributed by atoms with Gasteiger partial charge < -0.3 is 4.74 Å². The van der Waals surface area contributed by atoms with E-state index in [1.165, 1.54) is 12.3 Å². The molecule has 0 amide bonds. The highest BCUT2D eigenvalue weighted by atomic mass is 32.2. The molecule has 2 heterocycles. The summed E-state index contributed by atoms with van der Waals surface area (Å²) in [6, 6.07) is 0. The summed E-state index contributed by atoms with van der Waals surface area (Å²) in [5.74, 6) is 1.79. The zero-order chi connectivity index (χ0) is 10.9. The molecule has 0 unspecified atom stereocenters. The molecule has 0 aromatic heterocycles. The van der Waals surface area contributed by atoms with Gasteiger partial charge in [-0.15, -0.1) is 11.8 Å². The Balaban J connectivity index is 2.17. The molecule has 0 spiro atoms. The summed E-state index contributed by atoms with van der Waals surface area (Å²) in [5, 5.41) is 0. The SMILES string of the molecule is C[C@]1([C@H]2CC(=O)C=CO2)SCCC[S@]1=O. The predicted molar refractivity (Wildman–Crippen MR) is 62.1 cm³/mol. The fourth-order valence-corrected chi connectivity index (χ4v) is 5.26. The van der Waals surface area contributed by atoms with Gasteiger partial charge in [-0.05, 0) is 19.1 Å². The minimum absolute atomic E-state index is 0.0654. The number of carbonyl (C=O) groups is 1. The molecule has 0 N–H and O–H groups in total. The Morgan fingerprint density at radius 3 is 3.13 bits per heavy atom. The van der Waals surface area contributed by atoms with Crippen LogP contribution in [0.2, 0.25) is 0 Å². The summed E-state index contributed by atoms with van der Waals surface area (Å²) in [4.78, 5) is 11.3. The van der Waals surface area contributed by atoms with Crippen LogP contribution in [-0.4, -0.2) is 31.7 Å². The Hall–Kier alpha value is -0.290. The van der Waals surface area contributed by atoms with Crippen molar-refractivity contribution in [1.82, 2.24) is 0 Å². The minimum atomic E-state index is -0.904. The van der Waals surface area contributed by atoms with Gasteiger partial charge in [0.1, 0.15) is 10.2 Å². The zero-order valence-electron chi connectivity index (χ0n) is 8.60. The highest BCUT2D eigenvalue weighted by Crippen LogP contribution is 2.40. The van der Waals surface area contributed by atoms with Crippen molar-refractivity contribution in [1.29, 1.82) is 0 Å². The Morgan fingerprint density at radius 2 is 2.47 bits per heavy atom. The van der Waals surface area contributed by atoms with Gasteiger partial charge in [-0.1, -0.05) is 0 Å². The molecule has 2 aliphatic rings. The lowest BCUT2D eigenvalue weighted by atomic mass is 10.1. The maximum atomic E-state index is 12.0. The molecule has 0 aromatic rings. The zero-order valence-corrected chi connectivity index (χ0v) is 10.2. The molecule has 5 heteroatoms. The van der Waals surface area contributed by atoms with Crippen LogP contribution in [0.25, 0.3) is 0 Å². The van der Waals surface area contributed by atoms with Crippen LogP contribution in [0.4, 0.5) is 0 Å². The van der Waals surface area contributed by atoms with Crippen molar-refractivity contribution in [2.45, 2.75) is 29.9 Å². The number of rotatable bonds is 1. The number of hydrogen-bond donors (Lipinski definition) is 0. The third kappa shape index (κ3) is 2.13. The number of carbonyl (C=O) groups excluding carboxylic acids is 1. The van der Waals surface area contributed by atoms with E-state index in [2.05, 4.69) is 0 Å². The van der Waals surface area contributed by atoms with Crippen molar-refractivity contribution in [3.8, 4) is 0 Å². The lowest BCUT2D eigenvalue weighted by molar-refractivity contribution is -0.118. The number of hydrogen-bond acceptors (Lipinski definition) is 4. The van der Waals surface area contributed by atoms with E-state index in [4.69, 9.17) is 4.74 Å². The maximum absolute atomic E-state index is 12.0. The molecule has 84 valence electrons. The Morgan fingerprint density at radius 1 is 1.67 bits per heavy atom. The molecule has 15 heavy (non-hydrogen) atoms. The highest BCUT2D eigenvalue weighted by molar-refractivity contribution is 8.13. The molecule has 0 radical (unpaired) electrons. The summed E-state index contributed by atoms with van der Waals surface area (Å²) < 4.78 is 17.0. The topological polar surface area (TPSA) is 43.4 Å². The van der Waals surface area contributed by atoms with E-state index in [1.54, 1.807) is 11.8 Å². The van der Waals surface area contributed by atoms with E-state index < -0.39 is 14.9 Å². The molecule has 2 aliphatic heterocycles. The van der Waals surface area contributed by atoms with Gasteiger partial charge in [0.2, 0.25) is 0 Å². The molecule has 3 nitrogen and oxygen atoms in total. The van der Waals surface area contributed by atoms with Crippen molar-refractivity contribution in [3.63, 3.8) is 0 Å². The van der Waals surface area contributed by atoms with Crippen LogP contribution in [0, 0.1) is 0 Å². The average molecular weight is 246 g/mol. The van der Waals surface area contributed by atoms with Crippen molar-refractivity contribution in [3.05, 3.63) is 12.3 Å². The second-order valence-corrected chi connectivity index (χ2v) is 7.62. The van der Waals surface area contributed by atoms with Crippen LogP contribution in [0.15, 0.2) is 12.3 Å². The highest BCUT2D eigenvalue weighted by Gasteiger charge is 2.45. The third-order valence-corrected chi connectivity index (χ3v) is 6.85. The lowest BCUT2D eigenvalue weighted by Crippen LogP contribution is -2.46. The molecule has 3 atom stereocenters. The minimum Gasteiger partial charge on any atom is -0.495 e. The Kier molecular flexibility index (Phi) is 3.21. The van der Waals surface area contributed by atoms with Crippen LogP contribution < -0.4 is 0 Å². The van der Waals surface area contributed by atoms with Gasteiger partial charge in [0, 0.05) is 29.0 Å². The van der Waals surface area contributed by atoms with E-state index in [0.717, 1.165) is 17.9 Å². The summed E-state index contributed by atoms with van der Waals surface area (Å²) in [6.07, 6.45) is 3.99. The molecule has 0 aromatic carbocycles. The first-order valence-electron chi connectivity index (χ1n) is 5.00. The van der Waals surface area contributed by atoms with Gasteiger partial charge in [-0.3, -0.25) is 9.00 Å². The van der Waals surface area contributed by atoms with E-state index in [9.17, 15) is 9.00 Å². The molecule has 1 fully saturated rings. The molecule has 0 aliphatic carbocycles. The van der Waals surface area contributed by atoms with Crippen molar-refractivity contribution in [2.75, 3.05) is 11.5 Å². The molecule has 2 rings (SSSR count). The third-order valence-electron chi connectivity index (χ3n) is 2.78. The lowest BCUT2D eigenvalue weighted by Gasteiger charge is -2.38. The quantitative estimate of drug-likeness (QED) is 0.702. The summed E-state index contributed by atoms with van der Waals surface area (Å²) >= 11 is 1.67. The van der Waals surface area contributed by atoms with E-state index in [-0.39, 0.29) is 11.9 Å². The predicted octanol–water partition coefficient (Wildman–Crippen LogP) is 1.46. The average Bonchev–Trinajstić information content (AvgIpc) is 2.23. The smallest absolute Gasteiger partial charge is 0.162 e. The summed E-state index contributed by atoms with van der Waals surface area (Å²) in [5.41, 5.74) is 0. The molecular weight excluding hydrogens is 232 g/mol. The first-order valence-corrected chi connectivity index (χ1v) is 7.30. The van der Waals surface area contributed by atoms with Gasteiger partial charge in [0.05, 0.1) is 6.26 Å². The maximum Gasteiger partial charge on any atom is 0.162 e. The number of ether oxygens (including phenoxy) is 1. The van der Waals surface area contributed by atoms with Crippen LogP contribution in [0.5, 0.6) is 0 Å². The van der Waals surface area contributed by atoms with Gasteiger partial charge in [-0.2, -0.15) is 0 Å². The van der Waals surface area contributed by atoms with Gasteiger partial charge in [-0.25, -0.2) is 0 Å². The monoisotopic (exact) mass is 246 g/mol. The van der Waals surface area contributed by atoms with Crippen molar-refractivity contribution < 1.29 is 13.7 Å². The fraction of sp³-hybridized carbons (Fsp3) is 0.700. The number of thioether (sulfide) groups is 1. The second kappa shape index (κ2) is 4.29. The van der Waals surface area contributed by atoms with E-state index >= 15 is 0 Å². The molecular formula is C10H14O3S2. The first-order chi connectivity index (χ1) is 7.13. The molecule has 1 saturated heterocycles. The van der Waals surface area contributed by atoms with Crippen LogP contribution in [0.3, 0.4) is 0 Å². The first kappa shape index (κ1) is 11.2. The largest absolute Gasteiger partial charge is 0.495 e. The number of allylic oxidation sites excluding steroid dienone is 1. The summed E-state index contributed by atoms with van der Waals surface area (Å²) in [6.45, 7) is 1.95. The van der Waals surface area contributed by atoms with Crippen molar-refractivity contribution >= 4 is 28.3 Å². The summed E-state index contributed by atoms with van der Waals surface area (Å²) in [7, 11) is -0.904. The van der Waals surface area contributed by atoms with Gasteiger partial charge in [0.25, 0.3) is 0 Å². The van der Waals surface area contributed by atoms with Crippen molar-refractivity contribution in [2.24, 2.45) is 0 Å². The Bertz CT molecular complexity index is 327. The number of ketones is 1. The van der Waals surface area contributed by atoms with E-state index in [0.29, 0.717) is 6.42 Å². The Labute approximate surface area is 96.1 Å². The fourth-order valence-electron chi connectivity index (χ4n) is 1.79. The van der Waals surface area contributed by atoms with Crippen LogP contribution in [-0.2, 0) is 20.3 Å². The van der Waals surface area contributed by atoms with Crippen LogP contribution in [0.1, 0.15) is 19.8 Å². The van der Waals surface area contributed by atoms with Crippen LogP contribution >= 0.6 is 11.8 Å². The standard InChI is InChI=1S/C10H14O3S2/c1-10(14-5-2-6-15(10)12)9-7-8(11)3-4-13-9/h3-4,9H,2,5-7H2,1H3/t9-,10+,15-/m1/s1. The second-order valence-electron chi connectivity index (χ2n) is 3.87.